The normalized spacial score (nSPS) is 18.3. The van der Waals surface area contributed by atoms with Crippen LogP contribution in [-0.4, -0.2) is 39.2 Å². The van der Waals surface area contributed by atoms with Gasteiger partial charge in [0, 0.05) is 18.3 Å². The van der Waals surface area contributed by atoms with Crippen molar-refractivity contribution >= 4 is 29.1 Å². The van der Waals surface area contributed by atoms with Crippen molar-refractivity contribution in [1.82, 2.24) is 9.88 Å². The van der Waals surface area contributed by atoms with Crippen LogP contribution in [0.3, 0.4) is 0 Å². The Bertz CT molecular complexity index is 936. The first kappa shape index (κ1) is 22.0. The van der Waals surface area contributed by atoms with Crippen LogP contribution in [0.1, 0.15) is 47.8 Å². The number of aromatic nitrogens is 1. The van der Waals surface area contributed by atoms with E-state index < -0.39 is 12.3 Å². The van der Waals surface area contributed by atoms with Gasteiger partial charge in [0.25, 0.3) is 0 Å². The molecule has 0 radical (unpaired) electrons. The average molecular weight is 441 g/mol. The molecule has 1 aromatic heterocycles. The van der Waals surface area contributed by atoms with E-state index >= 15 is 0 Å². The number of alkyl halides is 1. The van der Waals surface area contributed by atoms with Gasteiger partial charge in [0.2, 0.25) is 5.91 Å². The summed E-state index contributed by atoms with van der Waals surface area (Å²) < 4.78 is 13.3. The predicted molar refractivity (Wildman–Crippen MR) is 110 cm³/mol. The third-order valence-electron chi connectivity index (χ3n) is 5.51. The molecule has 8 heteroatoms. The number of halogens is 3. The Morgan fingerprint density at radius 2 is 2.14 bits per heavy atom. The number of rotatable bonds is 5. The molecule has 2 aromatic rings. The van der Waals surface area contributed by atoms with Gasteiger partial charge in [0.1, 0.15) is 12.3 Å². The molecule has 156 valence electrons. The van der Waals surface area contributed by atoms with Crippen LogP contribution in [0.25, 0.3) is 0 Å². The maximum absolute atomic E-state index is 13.3. The number of carbonyl (C=O) groups excluding carboxylic acids is 1. The minimum absolute atomic E-state index is 0.0191. The third-order valence-corrected chi connectivity index (χ3v) is 6.28. The van der Waals surface area contributed by atoms with Crippen LogP contribution >= 0.6 is 23.2 Å². The number of nitrogens with zero attached hydrogens (tertiary/aromatic N) is 2. The number of hydrogen-bond acceptors (Lipinski definition) is 4. The van der Waals surface area contributed by atoms with E-state index in [9.17, 15) is 19.4 Å². The second-order valence-corrected chi connectivity index (χ2v) is 8.26. The summed E-state index contributed by atoms with van der Waals surface area (Å²) in [6.45, 7) is 2.56. The fourth-order valence-corrected chi connectivity index (χ4v) is 4.40. The Hall–Kier alpha value is -1.73. The fourth-order valence-electron chi connectivity index (χ4n) is 3.86. The monoisotopic (exact) mass is 440 g/mol. The lowest BCUT2D eigenvalue weighted by molar-refractivity contribution is -0.133. The molecule has 0 unspecified atom stereocenters. The molecule has 0 spiro atoms. The lowest BCUT2D eigenvalue weighted by atomic mass is 9.83. The highest BCUT2D eigenvalue weighted by Gasteiger charge is 2.34. The van der Waals surface area contributed by atoms with Gasteiger partial charge in [-0.1, -0.05) is 41.4 Å². The fraction of sp³-hybridized carbons (Fsp3) is 0.429. The minimum Gasteiger partial charge on any atom is -0.390 e. The van der Waals surface area contributed by atoms with E-state index in [0.29, 0.717) is 24.1 Å². The molecular weight excluding hydrogens is 418 g/mol. The summed E-state index contributed by atoms with van der Waals surface area (Å²) in [5.74, 6) is -0.162. The van der Waals surface area contributed by atoms with Crippen LogP contribution < -0.4 is 0 Å². The molecule has 0 aliphatic carbocycles. The highest BCUT2D eigenvalue weighted by molar-refractivity contribution is 6.36. The van der Waals surface area contributed by atoms with Crippen molar-refractivity contribution in [3.05, 3.63) is 62.4 Å². The largest absolute Gasteiger partial charge is 0.390 e. The molecule has 0 saturated carbocycles. The lowest BCUT2D eigenvalue weighted by Crippen LogP contribution is -2.41. The number of aliphatic hydroxyl groups is 2. The Morgan fingerprint density at radius 3 is 2.79 bits per heavy atom. The Kier molecular flexibility index (Phi) is 6.48. The summed E-state index contributed by atoms with van der Waals surface area (Å²) in [4.78, 5) is 18.7. The molecule has 2 N–H and O–H groups in total. The van der Waals surface area contributed by atoms with Gasteiger partial charge in [-0.15, -0.1) is 0 Å². The molecule has 5 nitrogen and oxygen atoms in total. The van der Waals surface area contributed by atoms with Crippen molar-refractivity contribution < 1.29 is 19.4 Å². The van der Waals surface area contributed by atoms with E-state index in [4.69, 9.17) is 23.2 Å². The maximum atomic E-state index is 13.3. The Balaban J connectivity index is 1.89. The number of benzene rings is 1. The molecule has 0 bridgehead atoms. The molecule has 2 atom stereocenters. The van der Waals surface area contributed by atoms with Gasteiger partial charge in [-0.05, 0) is 37.0 Å². The summed E-state index contributed by atoms with van der Waals surface area (Å²) in [7, 11) is 0. The van der Waals surface area contributed by atoms with Crippen molar-refractivity contribution in [2.45, 2.75) is 44.9 Å². The van der Waals surface area contributed by atoms with E-state index in [0.717, 1.165) is 11.1 Å². The van der Waals surface area contributed by atoms with Crippen molar-refractivity contribution in [2.75, 3.05) is 13.2 Å². The highest BCUT2D eigenvalue weighted by atomic mass is 35.5. The first-order valence-corrected chi connectivity index (χ1v) is 10.1. The molecule has 0 saturated heterocycles. The van der Waals surface area contributed by atoms with Gasteiger partial charge < -0.3 is 15.1 Å². The quantitative estimate of drug-likeness (QED) is 0.742. The minimum atomic E-state index is -1.56. The molecule has 1 aliphatic rings. The van der Waals surface area contributed by atoms with Crippen molar-refractivity contribution in [1.29, 1.82) is 0 Å². The standard InChI is InChI=1S/C21H23Cl2FN2O3/c1-12-13-4-3-5-16(21(2,29)11-24)14(13)6-7-26(12)19(28)8-15-17(22)9-25-18(10-27)20(15)23/h3-5,9,12,27,29H,6-8,10-11H2,1-2H3/t12-,21-/m0/s1. The molecule has 0 fully saturated rings. The van der Waals surface area contributed by atoms with E-state index in [2.05, 4.69) is 4.98 Å². The highest BCUT2D eigenvalue weighted by Crippen LogP contribution is 2.36. The summed E-state index contributed by atoms with van der Waals surface area (Å²) in [5, 5.41) is 20.2. The van der Waals surface area contributed by atoms with Gasteiger partial charge in [-0.25, -0.2) is 4.39 Å². The first-order valence-electron chi connectivity index (χ1n) is 9.34. The number of amides is 1. The lowest BCUT2D eigenvalue weighted by Gasteiger charge is -2.38. The van der Waals surface area contributed by atoms with Gasteiger partial charge in [0.05, 0.1) is 34.8 Å². The summed E-state index contributed by atoms with van der Waals surface area (Å²) in [6, 6.07) is 5.15. The molecule has 29 heavy (non-hydrogen) atoms. The van der Waals surface area contributed by atoms with Crippen molar-refractivity contribution in [3.8, 4) is 0 Å². The van der Waals surface area contributed by atoms with E-state index in [1.165, 1.54) is 13.1 Å². The van der Waals surface area contributed by atoms with Crippen LogP contribution in [0.5, 0.6) is 0 Å². The number of carbonyl (C=O) groups is 1. The van der Waals surface area contributed by atoms with Crippen LogP contribution in [0, 0.1) is 0 Å². The number of aliphatic hydroxyl groups excluding tert-OH is 1. The second-order valence-electron chi connectivity index (χ2n) is 7.47. The van der Waals surface area contributed by atoms with Gasteiger partial charge in [0.15, 0.2) is 0 Å². The van der Waals surface area contributed by atoms with E-state index in [1.807, 2.05) is 13.0 Å². The topological polar surface area (TPSA) is 73.7 Å². The molecule has 3 rings (SSSR count). The smallest absolute Gasteiger partial charge is 0.227 e. The molecule has 1 aliphatic heterocycles. The van der Waals surface area contributed by atoms with Crippen LogP contribution in [0.15, 0.2) is 24.4 Å². The number of fused-ring (bicyclic) bond motifs is 1. The van der Waals surface area contributed by atoms with Gasteiger partial charge in [-0.2, -0.15) is 0 Å². The van der Waals surface area contributed by atoms with Crippen LogP contribution in [-0.2, 0) is 29.8 Å². The average Bonchev–Trinajstić information content (AvgIpc) is 2.71. The zero-order valence-electron chi connectivity index (χ0n) is 16.3. The second kappa shape index (κ2) is 8.56. The van der Waals surface area contributed by atoms with E-state index in [1.54, 1.807) is 17.0 Å². The third kappa shape index (κ3) is 4.12. The van der Waals surface area contributed by atoms with Crippen molar-refractivity contribution in [2.24, 2.45) is 0 Å². The molecular formula is C21H23Cl2FN2O3. The maximum Gasteiger partial charge on any atom is 0.227 e. The molecule has 2 heterocycles. The van der Waals surface area contributed by atoms with E-state index in [-0.39, 0.29) is 40.7 Å². The van der Waals surface area contributed by atoms with Crippen molar-refractivity contribution in [3.63, 3.8) is 0 Å². The summed E-state index contributed by atoms with van der Waals surface area (Å²) in [5.41, 5.74) is 1.48. The van der Waals surface area contributed by atoms with Crippen LogP contribution in [0.4, 0.5) is 4.39 Å². The SMILES string of the molecule is C[C@H]1c2cccc([C@@](C)(O)CF)c2CCN1C(=O)Cc1c(Cl)cnc(CO)c1Cl. The zero-order chi connectivity index (χ0) is 21.3. The summed E-state index contributed by atoms with van der Waals surface area (Å²) in [6.07, 6.45) is 1.87. The summed E-state index contributed by atoms with van der Waals surface area (Å²) >= 11 is 12.4. The van der Waals surface area contributed by atoms with Gasteiger partial charge in [-0.3, -0.25) is 9.78 Å². The van der Waals surface area contributed by atoms with Gasteiger partial charge >= 0.3 is 0 Å². The Morgan fingerprint density at radius 1 is 1.41 bits per heavy atom. The molecule has 1 aromatic carbocycles. The Labute approximate surface area is 179 Å². The first-order chi connectivity index (χ1) is 13.7. The van der Waals surface area contributed by atoms with Crippen LogP contribution in [0.2, 0.25) is 10.0 Å². The molecule has 1 amide bonds. The predicted octanol–water partition coefficient (Wildman–Crippen LogP) is 3.75. The zero-order valence-corrected chi connectivity index (χ0v) is 17.8. The number of pyridine rings is 1. The number of hydrogen-bond donors (Lipinski definition) is 2.